The van der Waals surface area contributed by atoms with Gasteiger partial charge in [-0.1, -0.05) is 24.3 Å². The summed E-state index contributed by atoms with van der Waals surface area (Å²) in [5.74, 6) is 0.409. The number of β-amino-alcohol motifs (C(OH)–C–C–N with tert-alkyl or cyclic N) is 1. The van der Waals surface area contributed by atoms with E-state index in [0.717, 1.165) is 45.4 Å². The molecule has 0 bridgehead atoms. The number of rotatable bonds is 10. The number of sulfone groups is 1. The molecule has 0 saturated carbocycles. The first-order valence-corrected chi connectivity index (χ1v) is 14.6. The van der Waals surface area contributed by atoms with Crippen molar-refractivity contribution in [3.63, 3.8) is 0 Å². The van der Waals surface area contributed by atoms with Crippen LogP contribution < -0.4 is 10.6 Å². The lowest BCUT2D eigenvalue weighted by Crippen LogP contribution is -2.42. The summed E-state index contributed by atoms with van der Waals surface area (Å²) in [6.07, 6.45) is 4.64. The number of amides is 1. The molecule has 196 valence electrons. The van der Waals surface area contributed by atoms with Gasteiger partial charge in [0.2, 0.25) is 0 Å². The van der Waals surface area contributed by atoms with E-state index in [-0.39, 0.29) is 29.9 Å². The Balaban J connectivity index is 1.20. The highest BCUT2D eigenvalue weighted by atomic mass is 32.2. The van der Waals surface area contributed by atoms with Crippen molar-refractivity contribution < 1.29 is 18.3 Å². The number of fused-ring (bicyclic) bond motifs is 1. The molecule has 4 rings (SSSR count). The largest absolute Gasteiger partial charge is 0.390 e. The van der Waals surface area contributed by atoms with E-state index in [2.05, 4.69) is 48.6 Å². The first-order valence-electron chi connectivity index (χ1n) is 12.5. The van der Waals surface area contributed by atoms with Gasteiger partial charge in [0.1, 0.15) is 27.7 Å². The number of anilines is 1. The van der Waals surface area contributed by atoms with Gasteiger partial charge in [-0.25, -0.2) is 18.4 Å². The van der Waals surface area contributed by atoms with E-state index in [1.165, 1.54) is 23.7 Å². The van der Waals surface area contributed by atoms with E-state index in [0.29, 0.717) is 18.9 Å². The van der Waals surface area contributed by atoms with Crippen LogP contribution in [0.25, 0.3) is 0 Å². The number of aliphatic hydroxyl groups excluding tert-OH is 1. The maximum Gasteiger partial charge on any atom is 0.270 e. The molecule has 10 nitrogen and oxygen atoms in total. The van der Waals surface area contributed by atoms with Crippen molar-refractivity contribution in [3.8, 4) is 0 Å². The van der Waals surface area contributed by atoms with Crippen LogP contribution in [0.3, 0.4) is 0 Å². The maximum absolute atomic E-state index is 12.6. The van der Waals surface area contributed by atoms with Crippen molar-refractivity contribution in [2.75, 3.05) is 56.6 Å². The Kier molecular flexibility index (Phi) is 8.89. The molecule has 2 aromatic rings. The van der Waals surface area contributed by atoms with Crippen LogP contribution in [0.4, 0.5) is 5.82 Å². The highest BCUT2D eigenvalue weighted by Crippen LogP contribution is 2.19. The number of hydrogen-bond acceptors (Lipinski definition) is 9. The van der Waals surface area contributed by atoms with Crippen LogP contribution in [0.15, 0.2) is 36.7 Å². The molecule has 1 atom stereocenters. The number of nitrogens with one attached hydrogen (secondary N) is 2. The fourth-order valence-electron chi connectivity index (χ4n) is 4.74. The summed E-state index contributed by atoms with van der Waals surface area (Å²) in [6.45, 7) is 4.51. The zero-order valence-corrected chi connectivity index (χ0v) is 21.6. The van der Waals surface area contributed by atoms with E-state index in [9.17, 15) is 18.3 Å². The second kappa shape index (κ2) is 12.1. The van der Waals surface area contributed by atoms with E-state index in [4.69, 9.17) is 0 Å². The minimum Gasteiger partial charge on any atom is -0.390 e. The second-order valence-electron chi connectivity index (χ2n) is 9.80. The van der Waals surface area contributed by atoms with Crippen LogP contribution in [-0.2, 0) is 22.8 Å². The molecule has 1 fully saturated rings. The molecule has 3 heterocycles. The molecule has 2 aliphatic heterocycles. The standard InChI is InChI=1S/C25H36N6O4S/c1-36(34,35)13-12-30-10-7-21(8-11-30)29-24-14-23(27-18-28-24)25(33)26-15-22(32)17-31-9-6-19-4-2-3-5-20(19)16-31/h2-5,14,18,21-22,32H,6-13,15-17H2,1H3,(H,26,33)(H,27,28,29). The molecule has 1 saturated heterocycles. The van der Waals surface area contributed by atoms with Crippen molar-refractivity contribution >= 4 is 21.6 Å². The summed E-state index contributed by atoms with van der Waals surface area (Å²) in [7, 11) is -2.96. The molecule has 1 amide bonds. The van der Waals surface area contributed by atoms with Gasteiger partial charge < -0.3 is 20.6 Å². The molecule has 2 aliphatic rings. The fraction of sp³-hybridized carbons (Fsp3) is 0.560. The van der Waals surface area contributed by atoms with E-state index >= 15 is 0 Å². The van der Waals surface area contributed by atoms with Gasteiger partial charge >= 0.3 is 0 Å². The van der Waals surface area contributed by atoms with Gasteiger partial charge in [-0.3, -0.25) is 9.69 Å². The van der Waals surface area contributed by atoms with Gasteiger partial charge in [-0.05, 0) is 30.4 Å². The average Bonchev–Trinajstić information content (AvgIpc) is 2.86. The van der Waals surface area contributed by atoms with Gasteiger partial charge in [0.05, 0.1) is 11.9 Å². The summed E-state index contributed by atoms with van der Waals surface area (Å²) < 4.78 is 22.8. The molecule has 1 unspecified atom stereocenters. The monoisotopic (exact) mass is 516 g/mol. The molecule has 0 aliphatic carbocycles. The summed E-state index contributed by atoms with van der Waals surface area (Å²) in [6, 6.07) is 10.2. The zero-order valence-electron chi connectivity index (χ0n) is 20.8. The summed E-state index contributed by atoms with van der Waals surface area (Å²) in [5.41, 5.74) is 2.90. The van der Waals surface area contributed by atoms with Gasteiger partial charge in [0, 0.05) is 64.2 Å². The molecule has 0 radical (unpaired) electrons. The molecule has 36 heavy (non-hydrogen) atoms. The van der Waals surface area contributed by atoms with Crippen LogP contribution >= 0.6 is 0 Å². The predicted molar refractivity (Wildman–Crippen MR) is 139 cm³/mol. The van der Waals surface area contributed by atoms with Crippen LogP contribution in [-0.4, -0.2) is 103 Å². The predicted octanol–water partition coefficient (Wildman–Crippen LogP) is 0.547. The van der Waals surface area contributed by atoms with Crippen LogP contribution in [0.2, 0.25) is 0 Å². The topological polar surface area (TPSA) is 128 Å². The van der Waals surface area contributed by atoms with Crippen molar-refractivity contribution in [1.29, 1.82) is 0 Å². The number of aromatic nitrogens is 2. The SMILES string of the molecule is CS(=O)(=O)CCN1CCC(Nc2cc(C(=O)NCC(O)CN3CCc4ccccc4C3)ncn2)CC1. The van der Waals surface area contributed by atoms with E-state index in [1.807, 2.05) is 6.07 Å². The molecule has 1 aromatic carbocycles. The zero-order chi connectivity index (χ0) is 25.5. The number of hydrogen-bond donors (Lipinski definition) is 3. The summed E-state index contributed by atoms with van der Waals surface area (Å²) >= 11 is 0. The number of carbonyl (C=O) groups excluding carboxylic acids is 1. The Bertz CT molecular complexity index is 1140. The third-order valence-corrected chi connectivity index (χ3v) is 7.72. The number of aliphatic hydroxyl groups is 1. The minimum absolute atomic E-state index is 0.148. The second-order valence-corrected chi connectivity index (χ2v) is 12.1. The Morgan fingerprint density at radius 3 is 2.64 bits per heavy atom. The number of carbonyl (C=O) groups is 1. The number of likely N-dealkylation sites (tertiary alicyclic amines) is 1. The summed E-state index contributed by atoms with van der Waals surface area (Å²) in [5, 5.41) is 16.6. The summed E-state index contributed by atoms with van der Waals surface area (Å²) in [4.78, 5) is 25.3. The Morgan fingerprint density at radius 2 is 1.89 bits per heavy atom. The van der Waals surface area contributed by atoms with Crippen molar-refractivity contribution in [2.45, 2.75) is 38.0 Å². The van der Waals surface area contributed by atoms with E-state index < -0.39 is 15.9 Å². The quantitative estimate of drug-likeness (QED) is 0.415. The highest BCUT2D eigenvalue weighted by Gasteiger charge is 2.22. The maximum atomic E-state index is 12.6. The minimum atomic E-state index is -2.96. The molecular weight excluding hydrogens is 480 g/mol. The van der Waals surface area contributed by atoms with Crippen molar-refractivity contribution in [2.24, 2.45) is 0 Å². The lowest BCUT2D eigenvalue weighted by molar-refractivity contribution is 0.0838. The third kappa shape index (κ3) is 7.95. The molecular formula is C25H36N6O4S. The van der Waals surface area contributed by atoms with Crippen molar-refractivity contribution in [1.82, 2.24) is 25.1 Å². The van der Waals surface area contributed by atoms with Crippen LogP contribution in [0, 0.1) is 0 Å². The van der Waals surface area contributed by atoms with E-state index in [1.54, 1.807) is 6.07 Å². The molecule has 1 aromatic heterocycles. The lowest BCUT2D eigenvalue weighted by Gasteiger charge is -2.32. The molecule has 0 spiro atoms. The number of piperidine rings is 1. The smallest absolute Gasteiger partial charge is 0.270 e. The van der Waals surface area contributed by atoms with Crippen LogP contribution in [0.1, 0.15) is 34.5 Å². The number of benzene rings is 1. The number of nitrogens with zero attached hydrogens (tertiary/aromatic N) is 4. The molecule has 3 N–H and O–H groups in total. The molecule has 11 heteroatoms. The Labute approximate surface area is 213 Å². The third-order valence-electron chi connectivity index (χ3n) is 6.79. The van der Waals surface area contributed by atoms with Gasteiger partial charge in [0.15, 0.2) is 0 Å². The average molecular weight is 517 g/mol. The highest BCUT2D eigenvalue weighted by molar-refractivity contribution is 7.90. The van der Waals surface area contributed by atoms with Gasteiger partial charge in [-0.2, -0.15) is 0 Å². The fourth-order valence-corrected chi connectivity index (χ4v) is 5.33. The van der Waals surface area contributed by atoms with Gasteiger partial charge in [-0.15, -0.1) is 0 Å². The lowest BCUT2D eigenvalue weighted by atomic mass is 10.00. The first kappa shape index (κ1) is 26.5. The first-order chi connectivity index (χ1) is 17.2. The van der Waals surface area contributed by atoms with Crippen LogP contribution in [0.5, 0.6) is 0 Å². The normalized spacial score (nSPS) is 18.4. The Hall–Kier alpha value is -2.60. The van der Waals surface area contributed by atoms with Gasteiger partial charge in [0.25, 0.3) is 5.91 Å². The van der Waals surface area contributed by atoms with Crippen molar-refractivity contribution in [3.05, 3.63) is 53.5 Å². The Morgan fingerprint density at radius 1 is 1.14 bits per heavy atom.